The molecular weight excluding hydrogens is 346 g/mol. The summed E-state index contributed by atoms with van der Waals surface area (Å²) in [5.41, 5.74) is 1.04. The van der Waals surface area contributed by atoms with Crippen LogP contribution in [0.1, 0.15) is 30.6 Å². The lowest BCUT2D eigenvalue weighted by molar-refractivity contribution is -0.117. The van der Waals surface area contributed by atoms with E-state index in [-0.39, 0.29) is 17.3 Å². The van der Waals surface area contributed by atoms with Crippen LogP contribution in [-0.4, -0.2) is 49.7 Å². The van der Waals surface area contributed by atoms with Gasteiger partial charge in [-0.2, -0.15) is 0 Å². The number of anilines is 1. The highest BCUT2D eigenvalue weighted by atomic mass is 32.2. The minimum atomic E-state index is -3.08. The zero-order chi connectivity index (χ0) is 18.6. The molecule has 0 spiro atoms. The number of Topliss-reactive ketones (excluding diaryl/α,β-unsaturated/α-hetero) is 1. The maximum atomic E-state index is 12.1. The Balaban J connectivity index is 1.83. The van der Waals surface area contributed by atoms with Crippen molar-refractivity contribution in [3.63, 3.8) is 0 Å². The number of urea groups is 1. The predicted octanol–water partition coefficient (Wildman–Crippen LogP) is 0.703. The molecule has 1 aromatic rings. The Kier molecular flexibility index (Phi) is 5.78. The smallest absolute Gasteiger partial charge is 0.315 e. The summed E-state index contributed by atoms with van der Waals surface area (Å²) in [5.74, 6) is -0.517. The molecule has 2 atom stereocenters. The van der Waals surface area contributed by atoms with Crippen molar-refractivity contribution in [2.24, 2.45) is 0 Å². The molecule has 0 saturated carbocycles. The number of amides is 3. The Hall–Kier alpha value is -2.42. The topological polar surface area (TPSA) is 121 Å². The van der Waals surface area contributed by atoms with Crippen molar-refractivity contribution in [1.29, 1.82) is 0 Å². The Morgan fingerprint density at radius 3 is 2.32 bits per heavy atom. The minimum Gasteiger partial charge on any atom is -0.334 e. The second-order valence-corrected chi connectivity index (χ2v) is 8.29. The van der Waals surface area contributed by atoms with Crippen LogP contribution in [-0.2, 0) is 14.6 Å². The van der Waals surface area contributed by atoms with Gasteiger partial charge in [0.2, 0.25) is 5.91 Å². The van der Waals surface area contributed by atoms with Gasteiger partial charge in [-0.3, -0.25) is 9.59 Å². The lowest BCUT2D eigenvalue weighted by Gasteiger charge is -2.17. The molecule has 9 heteroatoms. The van der Waals surface area contributed by atoms with Gasteiger partial charge >= 0.3 is 6.03 Å². The van der Waals surface area contributed by atoms with Gasteiger partial charge in [-0.05, 0) is 44.5 Å². The zero-order valence-corrected chi connectivity index (χ0v) is 14.9. The second kappa shape index (κ2) is 7.64. The van der Waals surface area contributed by atoms with Crippen LogP contribution in [0.5, 0.6) is 0 Å². The van der Waals surface area contributed by atoms with Crippen molar-refractivity contribution in [3.05, 3.63) is 29.8 Å². The van der Waals surface area contributed by atoms with Crippen LogP contribution in [0.4, 0.5) is 10.5 Å². The molecule has 2 unspecified atom stereocenters. The van der Waals surface area contributed by atoms with Gasteiger partial charge in [0.05, 0.1) is 11.5 Å². The van der Waals surface area contributed by atoms with Crippen molar-refractivity contribution in [2.75, 3.05) is 16.8 Å². The van der Waals surface area contributed by atoms with Gasteiger partial charge in [0.1, 0.15) is 6.04 Å². The van der Waals surface area contributed by atoms with Crippen molar-refractivity contribution in [2.45, 2.75) is 32.4 Å². The molecule has 1 fully saturated rings. The fourth-order valence-corrected chi connectivity index (χ4v) is 4.11. The molecule has 25 heavy (non-hydrogen) atoms. The molecule has 8 nitrogen and oxygen atoms in total. The first-order chi connectivity index (χ1) is 11.7. The van der Waals surface area contributed by atoms with Crippen LogP contribution in [0.15, 0.2) is 24.3 Å². The first-order valence-electron chi connectivity index (χ1n) is 7.85. The molecule has 1 aliphatic rings. The van der Waals surface area contributed by atoms with Gasteiger partial charge in [0, 0.05) is 17.3 Å². The van der Waals surface area contributed by atoms with E-state index in [1.165, 1.54) is 13.8 Å². The number of hydrogen-bond acceptors (Lipinski definition) is 5. The molecule has 0 radical (unpaired) electrons. The molecule has 1 aromatic carbocycles. The van der Waals surface area contributed by atoms with Crippen molar-refractivity contribution in [3.8, 4) is 0 Å². The van der Waals surface area contributed by atoms with E-state index >= 15 is 0 Å². The third-order valence-electron chi connectivity index (χ3n) is 3.87. The molecular formula is C16H21N3O5S. The maximum absolute atomic E-state index is 12.1. The van der Waals surface area contributed by atoms with Crippen molar-refractivity contribution in [1.82, 2.24) is 10.6 Å². The van der Waals surface area contributed by atoms with Gasteiger partial charge in [0.25, 0.3) is 0 Å². The monoisotopic (exact) mass is 367 g/mol. The predicted molar refractivity (Wildman–Crippen MR) is 93.3 cm³/mol. The number of carbonyl (C=O) groups excluding carboxylic acids is 3. The third kappa shape index (κ3) is 5.56. The van der Waals surface area contributed by atoms with E-state index < -0.39 is 33.9 Å². The number of rotatable bonds is 5. The fourth-order valence-electron chi connectivity index (χ4n) is 2.44. The van der Waals surface area contributed by atoms with E-state index in [1.54, 1.807) is 24.3 Å². The summed E-state index contributed by atoms with van der Waals surface area (Å²) in [6.45, 7) is 2.97. The molecule has 3 amide bonds. The number of nitrogens with one attached hydrogen (secondary N) is 3. The molecule has 1 saturated heterocycles. The average molecular weight is 367 g/mol. The van der Waals surface area contributed by atoms with Crippen LogP contribution >= 0.6 is 0 Å². The van der Waals surface area contributed by atoms with E-state index in [1.807, 2.05) is 0 Å². The Morgan fingerprint density at radius 1 is 1.16 bits per heavy atom. The average Bonchev–Trinajstić information content (AvgIpc) is 2.86. The van der Waals surface area contributed by atoms with Gasteiger partial charge in [-0.25, -0.2) is 13.2 Å². The SMILES string of the molecule is CC(=O)c1ccc(NC(=O)C(C)NC(=O)NC2CCS(=O)(=O)C2)cc1. The Labute approximate surface area is 146 Å². The Morgan fingerprint density at radius 2 is 1.80 bits per heavy atom. The highest BCUT2D eigenvalue weighted by Gasteiger charge is 2.29. The van der Waals surface area contributed by atoms with Gasteiger partial charge in [-0.15, -0.1) is 0 Å². The summed E-state index contributed by atoms with van der Waals surface area (Å²) < 4.78 is 22.7. The third-order valence-corrected chi connectivity index (χ3v) is 5.64. The number of benzene rings is 1. The first kappa shape index (κ1) is 18.9. The number of hydrogen-bond donors (Lipinski definition) is 3. The fraction of sp³-hybridized carbons (Fsp3) is 0.438. The van der Waals surface area contributed by atoms with Gasteiger partial charge in [-0.1, -0.05) is 0 Å². The summed E-state index contributed by atoms with van der Waals surface area (Å²) in [5, 5.41) is 7.66. The number of sulfone groups is 1. The largest absolute Gasteiger partial charge is 0.334 e. The van der Waals surface area contributed by atoms with Crippen LogP contribution in [0.25, 0.3) is 0 Å². The van der Waals surface area contributed by atoms with Crippen molar-refractivity contribution >= 4 is 33.2 Å². The first-order valence-corrected chi connectivity index (χ1v) is 9.68. The zero-order valence-electron chi connectivity index (χ0n) is 14.0. The number of ketones is 1. The highest BCUT2D eigenvalue weighted by Crippen LogP contribution is 2.12. The van der Waals surface area contributed by atoms with E-state index in [9.17, 15) is 22.8 Å². The van der Waals surface area contributed by atoms with Crippen LogP contribution in [0.3, 0.4) is 0 Å². The van der Waals surface area contributed by atoms with Crippen LogP contribution < -0.4 is 16.0 Å². The number of carbonyl (C=O) groups is 3. The lowest BCUT2D eigenvalue weighted by atomic mass is 10.1. The van der Waals surface area contributed by atoms with E-state index in [0.717, 1.165) is 0 Å². The van der Waals surface area contributed by atoms with Gasteiger partial charge < -0.3 is 16.0 Å². The highest BCUT2D eigenvalue weighted by molar-refractivity contribution is 7.91. The van der Waals surface area contributed by atoms with Crippen LogP contribution in [0.2, 0.25) is 0 Å². The molecule has 0 bridgehead atoms. The molecule has 0 aliphatic carbocycles. The lowest BCUT2D eigenvalue weighted by Crippen LogP contribution is -2.49. The van der Waals surface area contributed by atoms with E-state index in [2.05, 4.69) is 16.0 Å². The summed E-state index contributed by atoms with van der Waals surface area (Å²) in [6.07, 6.45) is 0.374. The summed E-state index contributed by atoms with van der Waals surface area (Å²) >= 11 is 0. The molecule has 136 valence electrons. The summed E-state index contributed by atoms with van der Waals surface area (Å²) in [4.78, 5) is 35.2. The molecule has 3 N–H and O–H groups in total. The summed E-state index contributed by atoms with van der Waals surface area (Å²) in [7, 11) is -3.08. The quantitative estimate of drug-likeness (QED) is 0.662. The van der Waals surface area contributed by atoms with Gasteiger partial charge in [0.15, 0.2) is 15.6 Å². The molecule has 0 aromatic heterocycles. The van der Waals surface area contributed by atoms with E-state index in [0.29, 0.717) is 17.7 Å². The summed E-state index contributed by atoms with van der Waals surface area (Å²) in [6, 6.07) is 4.57. The second-order valence-electron chi connectivity index (χ2n) is 6.06. The maximum Gasteiger partial charge on any atom is 0.315 e. The molecule has 2 rings (SSSR count). The molecule has 1 heterocycles. The van der Waals surface area contributed by atoms with E-state index in [4.69, 9.17) is 0 Å². The van der Waals surface area contributed by atoms with Crippen LogP contribution in [0, 0.1) is 0 Å². The normalized spacial score (nSPS) is 19.7. The minimum absolute atomic E-state index is 0.0598. The standard InChI is InChI=1S/C16H21N3O5S/c1-10(17-16(22)19-14-7-8-25(23,24)9-14)15(21)18-13-5-3-12(4-6-13)11(2)20/h3-6,10,14H,7-9H2,1-2H3,(H,18,21)(H2,17,19,22). The molecule has 1 aliphatic heterocycles. The Bertz CT molecular complexity index is 773. The van der Waals surface area contributed by atoms with Crippen molar-refractivity contribution < 1.29 is 22.8 Å².